The van der Waals surface area contributed by atoms with E-state index in [1.807, 2.05) is 12.1 Å². The number of aromatic nitrogens is 5. The molecule has 0 atom stereocenters. The molecule has 1 saturated heterocycles. The molecule has 1 aliphatic heterocycles. The standard InChI is InChI=1S/C27H29FN6O2/c1-16-23(30-10-9-29-16)24-22(26(36)33-14-18(13-28)15-33)25-31-20(11-21(35)34(25)32-24)19-7-5-17(6-8-19)12-27(2,3)4/h5-11,18,31H,12-15H2,1-4H3. The Kier molecular flexibility index (Phi) is 5.94. The summed E-state index contributed by atoms with van der Waals surface area (Å²) in [6, 6.07) is 9.52. The van der Waals surface area contributed by atoms with Gasteiger partial charge in [0.15, 0.2) is 5.65 Å². The molecule has 1 amide bonds. The molecule has 0 spiro atoms. The van der Waals surface area contributed by atoms with Gasteiger partial charge in [0.2, 0.25) is 0 Å². The van der Waals surface area contributed by atoms with Gasteiger partial charge in [0.25, 0.3) is 11.5 Å². The number of nitrogens with zero attached hydrogens (tertiary/aromatic N) is 5. The van der Waals surface area contributed by atoms with Gasteiger partial charge >= 0.3 is 0 Å². The van der Waals surface area contributed by atoms with E-state index in [1.165, 1.54) is 22.3 Å². The number of rotatable bonds is 5. The lowest BCUT2D eigenvalue weighted by atomic mass is 9.88. The van der Waals surface area contributed by atoms with E-state index in [0.717, 1.165) is 12.0 Å². The number of likely N-dealkylation sites (tertiary alicyclic amines) is 1. The van der Waals surface area contributed by atoms with Gasteiger partial charge in [0, 0.05) is 37.5 Å². The Balaban J connectivity index is 1.64. The highest BCUT2D eigenvalue weighted by molar-refractivity contribution is 6.05. The molecule has 0 bridgehead atoms. The Morgan fingerprint density at radius 1 is 1.11 bits per heavy atom. The van der Waals surface area contributed by atoms with Crippen LogP contribution in [0.5, 0.6) is 0 Å². The highest BCUT2D eigenvalue weighted by Gasteiger charge is 2.35. The van der Waals surface area contributed by atoms with E-state index < -0.39 is 6.67 Å². The molecule has 0 radical (unpaired) electrons. The molecule has 4 heterocycles. The van der Waals surface area contributed by atoms with Gasteiger partial charge in [-0.1, -0.05) is 45.0 Å². The van der Waals surface area contributed by atoms with Crippen LogP contribution in [0, 0.1) is 18.3 Å². The molecular formula is C27H29FN6O2. The predicted molar refractivity (Wildman–Crippen MR) is 136 cm³/mol. The molecule has 0 saturated carbocycles. The first-order chi connectivity index (χ1) is 17.1. The summed E-state index contributed by atoms with van der Waals surface area (Å²) in [5.74, 6) is -0.484. The van der Waals surface area contributed by atoms with Gasteiger partial charge < -0.3 is 9.88 Å². The van der Waals surface area contributed by atoms with Crippen LogP contribution in [-0.4, -0.2) is 55.1 Å². The van der Waals surface area contributed by atoms with Crippen molar-refractivity contribution < 1.29 is 9.18 Å². The van der Waals surface area contributed by atoms with Crippen molar-refractivity contribution in [2.75, 3.05) is 19.8 Å². The van der Waals surface area contributed by atoms with Gasteiger partial charge in [0.05, 0.1) is 18.1 Å². The molecule has 0 aliphatic carbocycles. The Labute approximate surface area is 208 Å². The second-order valence-electron chi connectivity index (χ2n) is 10.7. The molecule has 1 aromatic carbocycles. The van der Waals surface area contributed by atoms with Crippen molar-refractivity contribution in [3.63, 3.8) is 0 Å². The molecule has 5 rings (SSSR count). The van der Waals surface area contributed by atoms with Crippen LogP contribution < -0.4 is 5.56 Å². The molecule has 3 aromatic heterocycles. The Hall–Kier alpha value is -3.88. The highest BCUT2D eigenvalue weighted by atomic mass is 19.1. The highest BCUT2D eigenvalue weighted by Crippen LogP contribution is 2.30. The molecule has 36 heavy (non-hydrogen) atoms. The number of alkyl halides is 1. The molecule has 1 aliphatic rings. The summed E-state index contributed by atoms with van der Waals surface area (Å²) in [5, 5.41) is 4.48. The number of fused-ring (bicyclic) bond motifs is 1. The van der Waals surface area contributed by atoms with Crippen LogP contribution in [0.4, 0.5) is 4.39 Å². The zero-order valence-corrected chi connectivity index (χ0v) is 20.9. The zero-order chi connectivity index (χ0) is 25.6. The number of aromatic amines is 1. The third kappa shape index (κ3) is 4.41. The van der Waals surface area contributed by atoms with Crippen molar-refractivity contribution in [2.24, 2.45) is 11.3 Å². The van der Waals surface area contributed by atoms with E-state index in [0.29, 0.717) is 30.2 Å². The summed E-state index contributed by atoms with van der Waals surface area (Å²) in [6.07, 6.45) is 4.01. The Morgan fingerprint density at radius 3 is 2.44 bits per heavy atom. The maximum absolute atomic E-state index is 13.6. The van der Waals surface area contributed by atoms with E-state index in [1.54, 1.807) is 18.0 Å². The summed E-state index contributed by atoms with van der Waals surface area (Å²) < 4.78 is 14.3. The first kappa shape index (κ1) is 23.8. The second kappa shape index (κ2) is 8.96. The number of halogens is 1. The molecule has 9 heteroatoms. The fourth-order valence-corrected chi connectivity index (χ4v) is 4.61. The Morgan fingerprint density at radius 2 is 1.81 bits per heavy atom. The molecule has 0 unspecified atom stereocenters. The van der Waals surface area contributed by atoms with E-state index in [2.05, 4.69) is 53.0 Å². The fourth-order valence-electron chi connectivity index (χ4n) is 4.61. The largest absolute Gasteiger partial charge is 0.339 e. The Bertz CT molecular complexity index is 1490. The van der Waals surface area contributed by atoms with Crippen molar-refractivity contribution in [1.82, 2.24) is 29.5 Å². The summed E-state index contributed by atoms with van der Waals surface area (Å²) in [4.78, 5) is 40.2. The number of hydrogen-bond donors (Lipinski definition) is 1. The third-order valence-electron chi connectivity index (χ3n) is 6.40. The summed E-state index contributed by atoms with van der Waals surface area (Å²) in [7, 11) is 0. The van der Waals surface area contributed by atoms with Crippen LogP contribution >= 0.6 is 0 Å². The van der Waals surface area contributed by atoms with Crippen molar-refractivity contribution in [3.8, 4) is 22.6 Å². The van der Waals surface area contributed by atoms with Crippen LogP contribution in [0.15, 0.2) is 47.5 Å². The summed E-state index contributed by atoms with van der Waals surface area (Å²) in [6.45, 7) is 8.52. The fraction of sp³-hybridized carbons (Fsp3) is 0.370. The van der Waals surface area contributed by atoms with Gasteiger partial charge in [0.1, 0.15) is 17.0 Å². The van der Waals surface area contributed by atoms with Gasteiger partial charge in [-0.25, -0.2) is 0 Å². The minimum atomic E-state index is -0.471. The van der Waals surface area contributed by atoms with Crippen molar-refractivity contribution >= 4 is 11.6 Å². The van der Waals surface area contributed by atoms with Crippen molar-refractivity contribution in [2.45, 2.75) is 34.1 Å². The number of H-pyrrole nitrogens is 1. The third-order valence-corrected chi connectivity index (χ3v) is 6.40. The topological polar surface area (TPSA) is 96.2 Å². The van der Waals surface area contributed by atoms with Gasteiger partial charge in [-0.2, -0.15) is 9.61 Å². The smallest absolute Gasteiger partial charge is 0.274 e. The second-order valence-corrected chi connectivity index (χ2v) is 10.7. The molecule has 186 valence electrons. The maximum atomic E-state index is 13.6. The zero-order valence-electron chi connectivity index (χ0n) is 20.9. The molecule has 8 nitrogen and oxygen atoms in total. The van der Waals surface area contributed by atoms with E-state index >= 15 is 0 Å². The number of nitrogens with one attached hydrogen (secondary N) is 1. The number of carbonyl (C=O) groups excluding carboxylic acids is 1. The van der Waals surface area contributed by atoms with Crippen molar-refractivity contribution in [3.05, 3.63) is 69.9 Å². The number of aryl methyl sites for hydroxylation is 1. The van der Waals surface area contributed by atoms with Crippen LogP contribution in [0.2, 0.25) is 0 Å². The van der Waals surface area contributed by atoms with Crippen LogP contribution in [0.1, 0.15) is 42.4 Å². The number of carbonyl (C=O) groups is 1. The SMILES string of the molecule is Cc1nccnc1-c1nn2c(=O)cc(-c3ccc(CC(C)(C)C)cc3)[nH]c2c1C(=O)N1CC(CF)C1. The average Bonchev–Trinajstić information content (AvgIpc) is 3.18. The van der Waals surface area contributed by atoms with E-state index in [9.17, 15) is 14.0 Å². The minimum absolute atomic E-state index is 0.161. The molecule has 4 aromatic rings. The summed E-state index contributed by atoms with van der Waals surface area (Å²) >= 11 is 0. The molecule has 1 fully saturated rings. The first-order valence-corrected chi connectivity index (χ1v) is 12.0. The minimum Gasteiger partial charge on any atom is -0.339 e. The van der Waals surface area contributed by atoms with Gasteiger partial charge in [-0.15, -0.1) is 0 Å². The number of hydrogen-bond acceptors (Lipinski definition) is 5. The number of benzene rings is 1. The predicted octanol–water partition coefficient (Wildman–Crippen LogP) is 4.09. The quantitative estimate of drug-likeness (QED) is 0.457. The summed E-state index contributed by atoms with van der Waals surface area (Å²) in [5.41, 5.74) is 4.20. The lowest BCUT2D eigenvalue weighted by Crippen LogP contribution is -2.50. The monoisotopic (exact) mass is 488 g/mol. The normalized spacial score (nSPS) is 14.3. The molecule has 1 N–H and O–H groups in total. The average molecular weight is 489 g/mol. The first-order valence-electron chi connectivity index (χ1n) is 12.0. The molecular weight excluding hydrogens is 459 g/mol. The van der Waals surface area contributed by atoms with Gasteiger partial charge in [-0.3, -0.25) is 23.9 Å². The van der Waals surface area contributed by atoms with Gasteiger partial charge in [-0.05, 0) is 29.9 Å². The van der Waals surface area contributed by atoms with Crippen LogP contribution in [-0.2, 0) is 6.42 Å². The van der Waals surface area contributed by atoms with Crippen LogP contribution in [0.25, 0.3) is 28.3 Å². The lowest BCUT2D eigenvalue weighted by molar-refractivity contribution is 0.0455. The van der Waals surface area contributed by atoms with Crippen LogP contribution in [0.3, 0.4) is 0 Å². The number of amides is 1. The van der Waals surface area contributed by atoms with Crippen molar-refractivity contribution in [1.29, 1.82) is 0 Å². The maximum Gasteiger partial charge on any atom is 0.274 e. The van der Waals surface area contributed by atoms with E-state index in [-0.39, 0.29) is 39.7 Å². The van der Waals surface area contributed by atoms with E-state index in [4.69, 9.17) is 0 Å². The lowest BCUT2D eigenvalue weighted by Gasteiger charge is -2.37.